The summed E-state index contributed by atoms with van der Waals surface area (Å²) in [5.41, 5.74) is 0.900. The monoisotopic (exact) mass is 212 g/mol. The molecule has 0 aromatic carbocycles. The normalized spacial score (nSPS) is 11.2. The maximum atomic E-state index is 10.6. The average Bonchev–Trinajstić information content (AvgIpc) is 2.53. The van der Waals surface area contributed by atoms with Crippen LogP contribution in [0.15, 0.2) is 17.0 Å². The van der Waals surface area contributed by atoms with Crippen LogP contribution in [0, 0.1) is 5.92 Å². The smallest absolute Gasteiger partial charge is 0.317 e. The Morgan fingerprint density at radius 1 is 1.67 bits per heavy atom. The first-order valence-electron chi connectivity index (χ1n) is 4.90. The standard InChI is InChI=1S/C10H16N2O3/c1-8(2)4-12(6-10(13)14)5-9-3-11-15-7-9/h3,7-8H,4-6H2,1-2H3,(H,13,14). The molecule has 1 aromatic rings. The first-order valence-corrected chi connectivity index (χ1v) is 4.90. The fourth-order valence-corrected chi connectivity index (χ4v) is 1.46. The topological polar surface area (TPSA) is 66.6 Å². The molecule has 0 unspecified atom stereocenters. The van der Waals surface area contributed by atoms with Crippen molar-refractivity contribution in [2.75, 3.05) is 13.1 Å². The van der Waals surface area contributed by atoms with Gasteiger partial charge < -0.3 is 9.63 Å². The third-order valence-electron chi connectivity index (χ3n) is 1.87. The van der Waals surface area contributed by atoms with E-state index < -0.39 is 5.97 Å². The van der Waals surface area contributed by atoms with Crippen LogP contribution in [0.1, 0.15) is 19.4 Å². The number of nitrogens with zero attached hydrogens (tertiary/aromatic N) is 2. The molecule has 1 rings (SSSR count). The van der Waals surface area contributed by atoms with Crippen LogP contribution in [0.3, 0.4) is 0 Å². The predicted octanol–water partition coefficient (Wildman–Crippen LogP) is 1.22. The molecule has 1 heterocycles. The maximum absolute atomic E-state index is 10.6. The minimum atomic E-state index is -0.813. The number of carbonyl (C=O) groups is 1. The molecule has 0 spiro atoms. The Labute approximate surface area is 88.7 Å². The highest BCUT2D eigenvalue weighted by atomic mass is 16.5. The largest absolute Gasteiger partial charge is 0.480 e. The summed E-state index contributed by atoms with van der Waals surface area (Å²) >= 11 is 0. The zero-order valence-electron chi connectivity index (χ0n) is 9.01. The lowest BCUT2D eigenvalue weighted by Gasteiger charge is -2.21. The quantitative estimate of drug-likeness (QED) is 0.767. The molecular formula is C10H16N2O3. The molecule has 15 heavy (non-hydrogen) atoms. The summed E-state index contributed by atoms with van der Waals surface area (Å²) in [7, 11) is 0. The maximum Gasteiger partial charge on any atom is 0.317 e. The van der Waals surface area contributed by atoms with Crippen LogP contribution in [0.25, 0.3) is 0 Å². The van der Waals surface area contributed by atoms with Gasteiger partial charge in [0.2, 0.25) is 0 Å². The lowest BCUT2D eigenvalue weighted by molar-refractivity contribution is -0.138. The van der Waals surface area contributed by atoms with Crippen molar-refractivity contribution in [3.05, 3.63) is 18.0 Å². The van der Waals surface area contributed by atoms with E-state index in [1.54, 1.807) is 6.20 Å². The van der Waals surface area contributed by atoms with E-state index in [1.807, 2.05) is 4.90 Å². The predicted molar refractivity (Wildman–Crippen MR) is 54.3 cm³/mol. The van der Waals surface area contributed by atoms with E-state index in [9.17, 15) is 4.79 Å². The summed E-state index contributed by atoms with van der Waals surface area (Å²) < 4.78 is 4.70. The molecule has 0 amide bonds. The molecular weight excluding hydrogens is 196 g/mol. The summed E-state index contributed by atoms with van der Waals surface area (Å²) in [5.74, 6) is -0.378. The lowest BCUT2D eigenvalue weighted by atomic mass is 10.2. The Balaban J connectivity index is 2.52. The van der Waals surface area contributed by atoms with E-state index >= 15 is 0 Å². The Bertz CT molecular complexity index is 296. The first-order chi connectivity index (χ1) is 7.08. The van der Waals surface area contributed by atoms with Crippen LogP contribution in [0.2, 0.25) is 0 Å². The molecule has 0 aliphatic carbocycles. The van der Waals surface area contributed by atoms with E-state index in [-0.39, 0.29) is 6.54 Å². The van der Waals surface area contributed by atoms with Gasteiger partial charge >= 0.3 is 5.97 Å². The molecule has 0 bridgehead atoms. The van der Waals surface area contributed by atoms with Crippen LogP contribution in [0.4, 0.5) is 0 Å². The number of carboxylic acids is 1. The minimum Gasteiger partial charge on any atom is -0.480 e. The summed E-state index contributed by atoms with van der Waals surface area (Å²) in [5, 5.41) is 12.3. The van der Waals surface area contributed by atoms with Gasteiger partial charge in [0.15, 0.2) is 0 Å². The summed E-state index contributed by atoms with van der Waals surface area (Å²) in [6.07, 6.45) is 3.14. The zero-order valence-corrected chi connectivity index (χ0v) is 9.01. The van der Waals surface area contributed by atoms with Gasteiger partial charge in [-0.05, 0) is 5.92 Å². The highest BCUT2D eigenvalue weighted by Crippen LogP contribution is 2.06. The highest BCUT2D eigenvalue weighted by Gasteiger charge is 2.12. The zero-order chi connectivity index (χ0) is 11.3. The van der Waals surface area contributed by atoms with E-state index in [2.05, 4.69) is 19.0 Å². The summed E-state index contributed by atoms with van der Waals surface area (Å²) in [6, 6.07) is 0. The van der Waals surface area contributed by atoms with Gasteiger partial charge in [0.1, 0.15) is 6.26 Å². The third-order valence-corrected chi connectivity index (χ3v) is 1.87. The number of carboxylic acid groups (broad SMARTS) is 1. The van der Waals surface area contributed by atoms with Gasteiger partial charge in [-0.1, -0.05) is 19.0 Å². The Morgan fingerprint density at radius 2 is 2.40 bits per heavy atom. The third kappa shape index (κ3) is 4.60. The lowest BCUT2D eigenvalue weighted by Crippen LogP contribution is -2.32. The van der Waals surface area contributed by atoms with Crippen molar-refractivity contribution in [1.82, 2.24) is 10.1 Å². The van der Waals surface area contributed by atoms with Gasteiger partial charge in [0, 0.05) is 18.7 Å². The number of aliphatic carboxylic acids is 1. The van der Waals surface area contributed by atoms with Crippen LogP contribution in [-0.2, 0) is 11.3 Å². The Kier molecular flexibility index (Phi) is 4.30. The molecule has 1 aromatic heterocycles. The SMILES string of the molecule is CC(C)CN(CC(=O)O)Cc1cnoc1. The Morgan fingerprint density at radius 3 is 2.87 bits per heavy atom. The van der Waals surface area contributed by atoms with E-state index in [4.69, 9.17) is 9.63 Å². The molecule has 0 saturated carbocycles. The van der Waals surface area contributed by atoms with Crippen LogP contribution in [0.5, 0.6) is 0 Å². The van der Waals surface area contributed by atoms with Gasteiger partial charge in [-0.15, -0.1) is 0 Å². The number of hydrogen-bond acceptors (Lipinski definition) is 4. The van der Waals surface area contributed by atoms with Crippen LogP contribution >= 0.6 is 0 Å². The molecule has 0 radical (unpaired) electrons. The van der Waals surface area contributed by atoms with Crippen molar-refractivity contribution in [3.63, 3.8) is 0 Å². The highest BCUT2D eigenvalue weighted by molar-refractivity contribution is 5.69. The number of hydrogen-bond donors (Lipinski definition) is 1. The van der Waals surface area contributed by atoms with Crippen molar-refractivity contribution in [2.24, 2.45) is 5.92 Å². The van der Waals surface area contributed by atoms with Gasteiger partial charge in [-0.2, -0.15) is 0 Å². The van der Waals surface area contributed by atoms with Crippen molar-refractivity contribution >= 4 is 5.97 Å². The fraction of sp³-hybridized carbons (Fsp3) is 0.600. The van der Waals surface area contributed by atoms with E-state index in [0.29, 0.717) is 12.5 Å². The van der Waals surface area contributed by atoms with Gasteiger partial charge in [0.05, 0.1) is 12.7 Å². The van der Waals surface area contributed by atoms with Gasteiger partial charge in [0.25, 0.3) is 0 Å². The first kappa shape index (κ1) is 11.7. The molecule has 0 saturated heterocycles. The summed E-state index contributed by atoms with van der Waals surface area (Å²) in [6.45, 7) is 5.47. The second-order valence-corrected chi connectivity index (χ2v) is 3.99. The second kappa shape index (κ2) is 5.50. The van der Waals surface area contributed by atoms with E-state index in [1.165, 1.54) is 6.26 Å². The molecule has 5 nitrogen and oxygen atoms in total. The fourth-order valence-electron chi connectivity index (χ4n) is 1.46. The van der Waals surface area contributed by atoms with E-state index in [0.717, 1.165) is 12.1 Å². The molecule has 0 fully saturated rings. The Hall–Kier alpha value is -1.36. The van der Waals surface area contributed by atoms with Crippen molar-refractivity contribution in [1.29, 1.82) is 0 Å². The average molecular weight is 212 g/mol. The summed E-state index contributed by atoms with van der Waals surface area (Å²) in [4.78, 5) is 12.5. The van der Waals surface area contributed by atoms with Gasteiger partial charge in [-0.3, -0.25) is 9.69 Å². The minimum absolute atomic E-state index is 0.0450. The molecule has 0 aliphatic heterocycles. The molecule has 5 heteroatoms. The molecule has 0 aliphatic rings. The van der Waals surface area contributed by atoms with Crippen molar-refractivity contribution < 1.29 is 14.4 Å². The van der Waals surface area contributed by atoms with Crippen LogP contribution in [-0.4, -0.2) is 34.2 Å². The molecule has 0 atom stereocenters. The molecule has 84 valence electrons. The number of aromatic nitrogens is 1. The number of rotatable bonds is 6. The van der Waals surface area contributed by atoms with Crippen molar-refractivity contribution in [3.8, 4) is 0 Å². The second-order valence-electron chi connectivity index (χ2n) is 3.99. The van der Waals surface area contributed by atoms with Crippen molar-refractivity contribution in [2.45, 2.75) is 20.4 Å². The van der Waals surface area contributed by atoms with Crippen LogP contribution < -0.4 is 0 Å². The molecule has 1 N–H and O–H groups in total. The van der Waals surface area contributed by atoms with Gasteiger partial charge in [-0.25, -0.2) is 0 Å².